The first kappa shape index (κ1) is 32.5. The van der Waals surface area contributed by atoms with Crippen molar-refractivity contribution in [1.29, 1.82) is 0 Å². The second kappa shape index (κ2) is 11.0. The van der Waals surface area contributed by atoms with Crippen LogP contribution < -0.4 is 0 Å². The minimum Gasteiger partial charge on any atom is -0.726 e. The number of hydrogen-bond acceptors (Lipinski definition) is 10. The third-order valence-electron chi connectivity index (χ3n) is 12.4. The Balaban J connectivity index is 1.53. The second-order valence-corrected chi connectivity index (χ2v) is 15.6. The van der Waals surface area contributed by atoms with E-state index in [1.807, 2.05) is 20.8 Å². The van der Waals surface area contributed by atoms with Gasteiger partial charge in [-0.2, -0.15) is 0 Å². The van der Waals surface area contributed by atoms with Crippen molar-refractivity contribution in [2.75, 3.05) is 6.61 Å². The number of rotatable bonds is 9. The van der Waals surface area contributed by atoms with E-state index >= 15 is 0 Å². The molecule has 0 spiro atoms. The van der Waals surface area contributed by atoms with Gasteiger partial charge in [-0.15, -0.1) is 0 Å². The molecule has 0 radical (unpaired) electrons. The fourth-order valence-corrected chi connectivity index (χ4v) is 10.7. The minimum absolute atomic E-state index is 0.0314. The highest BCUT2D eigenvalue weighted by molar-refractivity contribution is 7.80. The van der Waals surface area contributed by atoms with E-state index in [9.17, 15) is 43.6 Å². The Kier molecular flexibility index (Phi) is 8.92. The molecule has 11 heteroatoms. The van der Waals surface area contributed by atoms with E-state index in [4.69, 9.17) is 0 Å². The minimum atomic E-state index is -4.93. The van der Waals surface area contributed by atoms with Crippen LogP contribution in [0, 0.1) is 46.3 Å². The highest BCUT2D eigenvalue weighted by atomic mass is 32.3. The molecule has 4 fully saturated rings. The summed E-state index contributed by atoms with van der Waals surface area (Å²) in [6.07, 6.45) is 1.26. The molecule has 0 amide bonds. The first-order valence-electron chi connectivity index (χ1n) is 15.1. The molecule has 6 N–H and O–H groups in total. The fraction of sp³-hybridized carbons (Fsp3) is 1.00. The predicted molar refractivity (Wildman–Crippen MR) is 145 cm³/mol. The highest BCUT2D eigenvalue weighted by Gasteiger charge is 2.70. The molecule has 234 valence electrons. The molecule has 0 aromatic heterocycles. The Bertz CT molecular complexity index is 1020. The third-order valence-corrected chi connectivity index (χ3v) is 12.8. The van der Waals surface area contributed by atoms with E-state index < -0.39 is 63.5 Å². The van der Waals surface area contributed by atoms with E-state index in [-0.39, 0.29) is 41.9 Å². The summed E-state index contributed by atoms with van der Waals surface area (Å²) in [7, 11) is -4.93. The van der Waals surface area contributed by atoms with Crippen LogP contribution in [0.4, 0.5) is 0 Å². The Morgan fingerprint density at radius 3 is 2.33 bits per heavy atom. The second-order valence-electron chi connectivity index (χ2n) is 14.5. The Labute approximate surface area is 239 Å². The SMILES string of the molecule is CC[C@H](CC[C@@H](C)[C@H]1[C@@H](O)[C@H](O)[C@H]2[C@@H]3C[C@@H](O)[C@@]4(O)C[C@@H](O)CC[C@]4(C)[C@H]3CC[C@]12C)[C@@](C)(O)COS(=O)(=O)[O-]. The first-order chi connectivity index (χ1) is 18.3. The van der Waals surface area contributed by atoms with Gasteiger partial charge in [0.2, 0.25) is 10.4 Å². The molecule has 40 heavy (non-hydrogen) atoms. The summed E-state index contributed by atoms with van der Waals surface area (Å²) >= 11 is 0. The zero-order valence-electron chi connectivity index (χ0n) is 24.6. The van der Waals surface area contributed by atoms with Gasteiger partial charge >= 0.3 is 0 Å². The lowest BCUT2D eigenvalue weighted by Crippen LogP contribution is -2.69. The summed E-state index contributed by atoms with van der Waals surface area (Å²) in [6.45, 7) is 8.92. The maximum atomic E-state index is 11.7. The van der Waals surface area contributed by atoms with Crippen LogP contribution in [0.1, 0.15) is 92.4 Å². The molecule has 4 saturated carbocycles. The van der Waals surface area contributed by atoms with Crippen molar-refractivity contribution >= 4 is 10.4 Å². The summed E-state index contributed by atoms with van der Waals surface area (Å²) in [6, 6.07) is 0. The molecule has 0 bridgehead atoms. The number of fused-ring (bicyclic) bond motifs is 5. The summed E-state index contributed by atoms with van der Waals surface area (Å²) in [4.78, 5) is 0. The van der Waals surface area contributed by atoms with Gasteiger partial charge < -0.3 is 35.2 Å². The molecule has 0 aromatic rings. The predicted octanol–water partition coefficient (Wildman–Crippen LogP) is 1.70. The maximum Gasteiger partial charge on any atom is 0.217 e. The van der Waals surface area contributed by atoms with Gasteiger partial charge in [0.25, 0.3) is 0 Å². The van der Waals surface area contributed by atoms with Crippen LogP contribution in [0.15, 0.2) is 0 Å². The van der Waals surface area contributed by atoms with Crippen molar-refractivity contribution < 1.29 is 47.8 Å². The van der Waals surface area contributed by atoms with E-state index in [1.165, 1.54) is 6.92 Å². The molecule has 14 atom stereocenters. The van der Waals surface area contributed by atoms with E-state index in [0.29, 0.717) is 38.5 Å². The molecule has 0 aromatic carbocycles. The average molecular weight is 592 g/mol. The van der Waals surface area contributed by atoms with Crippen LogP contribution in [0.25, 0.3) is 0 Å². The van der Waals surface area contributed by atoms with Gasteiger partial charge in [-0.05, 0) is 92.8 Å². The van der Waals surface area contributed by atoms with Crippen molar-refractivity contribution in [2.45, 2.75) is 128 Å². The maximum absolute atomic E-state index is 11.7. The lowest BCUT2D eigenvalue weighted by molar-refractivity contribution is -0.268. The van der Waals surface area contributed by atoms with Crippen molar-refractivity contribution in [3.05, 3.63) is 0 Å². The van der Waals surface area contributed by atoms with Crippen LogP contribution in [-0.4, -0.2) is 85.8 Å². The van der Waals surface area contributed by atoms with Crippen molar-refractivity contribution in [3.8, 4) is 0 Å². The summed E-state index contributed by atoms with van der Waals surface area (Å²) in [5.74, 6) is -0.876. The Morgan fingerprint density at radius 2 is 1.73 bits per heavy atom. The van der Waals surface area contributed by atoms with Crippen molar-refractivity contribution in [2.24, 2.45) is 46.3 Å². The van der Waals surface area contributed by atoms with Gasteiger partial charge in [0, 0.05) is 11.8 Å². The molecule has 4 aliphatic carbocycles. The summed E-state index contributed by atoms with van der Waals surface area (Å²) in [5, 5.41) is 67.1. The topological polar surface area (TPSA) is 188 Å². The molecule has 0 unspecified atom stereocenters. The molecule has 0 saturated heterocycles. The van der Waals surface area contributed by atoms with Crippen molar-refractivity contribution in [3.63, 3.8) is 0 Å². The lowest BCUT2D eigenvalue weighted by Gasteiger charge is -2.65. The monoisotopic (exact) mass is 591 g/mol. The number of aliphatic hydroxyl groups excluding tert-OH is 4. The fourth-order valence-electron chi connectivity index (χ4n) is 10.3. The molecule has 4 rings (SSSR count). The molecule has 4 aliphatic rings. The molecule has 10 nitrogen and oxygen atoms in total. The average Bonchev–Trinajstić information content (AvgIpc) is 3.05. The van der Waals surface area contributed by atoms with Gasteiger partial charge in [-0.1, -0.05) is 34.1 Å². The van der Waals surface area contributed by atoms with Crippen LogP contribution in [0.5, 0.6) is 0 Å². The Morgan fingerprint density at radius 1 is 1.07 bits per heavy atom. The third kappa shape index (κ3) is 5.30. The smallest absolute Gasteiger partial charge is 0.217 e. The van der Waals surface area contributed by atoms with Crippen LogP contribution in [-0.2, 0) is 14.6 Å². The van der Waals surface area contributed by atoms with E-state index in [1.54, 1.807) is 0 Å². The normalized spacial score (nSPS) is 48.4. The lowest BCUT2D eigenvalue weighted by atomic mass is 9.42. The summed E-state index contributed by atoms with van der Waals surface area (Å²) < 4.78 is 37.2. The van der Waals surface area contributed by atoms with Crippen LogP contribution >= 0.6 is 0 Å². The standard InChI is InChI=1S/C29H52O10S/c1-6-17(28(5,34)15-39-40(36,37)38)8-7-16(2)22-24(32)25(33)23-19-13-21(31)29(35)14-18(30)9-12-27(29,4)20(19)10-11-26(22,23)3/h16-25,30-35H,6-15H2,1-5H3,(H,36,37,38)/p-1/t16-,17-,18+,19-,20+,21-,22+,23-,24-,25-,26-,27-,28+,29+/m1/s1. The molecular weight excluding hydrogens is 540 g/mol. The molecule has 0 heterocycles. The zero-order chi connectivity index (χ0) is 30.1. The van der Waals surface area contributed by atoms with E-state index in [2.05, 4.69) is 11.1 Å². The largest absolute Gasteiger partial charge is 0.726 e. The first-order valence-corrected chi connectivity index (χ1v) is 16.4. The van der Waals surface area contributed by atoms with E-state index in [0.717, 1.165) is 12.8 Å². The van der Waals surface area contributed by atoms with Crippen LogP contribution in [0.2, 0.25) is 0 Å². The quantitative estimate of drug-likeness (QED) is 0.170. The van der Waals surface area contributed by atoms with Gasteiger partial charge in [0.1, 0.15) is 0 Å². The van der Waals surface area contributed by atoms with Crippen LogP contribution in [0.3, 0.4) is 0 Å². The van der Waals surface area contributed by atoms with Gasteiger partial charge in [-0.25, -0.2) is 8.42 Å². The zero-order valence-corrected chi connectivity index (χ0v) is 25.4. The van der Waals surface area contributed by atoms with Gasteiger partial charge in [-0.3, -0.25) is 4.18 Å². The highest BCUT2D eigenvalue weighted by Crippen LogP contribution is 2.69. The molecular formula is C29H51O10S-. The summed E-state index contributed by atoms with van der Waals surface area (Å²) in [5.41, 5.74) is -3.90. The van der Waals surface area contributed by atoms with Crippen molar-refractivity contribution in [1.82, 2.24) is 0 Å². The number of hydrogen-bond donors (Lipinski definition) is 6. The Hall–Kier alpha value is -0.370. The van der Waals surface area contributed by atoms with Gasteiger partial charge in [0.05, 0.1) is 42.2 Å². The number of aliphatic hydroxyl groups is 6. The van der Waals surface area contributed by atoms with Gasteiger partial charge in [0.15, 0.2) is 0 Å². The molecule has 0 aliphatic heterocycles.